The van der Waals surface area contributed by atoms with Crippen molar-refractivity contribution in [2.24, 2.45) is 0 Å². The Bertz CT molecular complexity index is 636. The van der Waals surface area contributed by atoms with Gasteiger partial charge in [-0.2, -0.15) is 5.26 Å². The van der Waals surface area contributed by atoms with E-state index in [1.165, 1.54) is 11.1 Å². The number of rotatable bonds is 2. The van der Waals surface area contributed by atoms with E-state index in [1.54, 1.807) is 24.3 Å². The molecule has 2 aromatic carbocycles. The highest BCUT2D eigenvalue weighted by Crippen LogP contribution is 2.27. The molecule has 0 spiro atoms. The predicted molar refractivity (Wildman–Crippen MR) is 75.9 cm³/mol. The summed E-state index contributed by atoms with van der Waals surface area (Å²) in [6, 6.07) is 13.3. The van der Waals surface area contributed by atoms with Gasteiger partial charge in [0.05, 0.1) is 11.6 Å². The normalized spacial score (nSPS) is 11.9. The van der Waals surface area contributed by atoms with Gasteiger partial charge in [0.1, 0.15) is 6.10 Å². The van der Waals surface area contributed by atoms with Crippen LogP contribution in [0, 0.1) is 32.1 Å². The molecule has 1 atom stereocenters. The number of benzene rings is 2. The van der Waals surface area contributed by atoms with E-state index in [9.17, 15) is 5.11 Å². The maximum absolute atomic E-state index is 10.5. The van der Waals surface area contributed by atoms with Gasteiger partial charge in [0.15, 0.2) is 0 Å². The fraction of sp³-hybridized carbons (Fsp3) is 0.235. The molecular weight excluding hydrogens is 234 g/mol. The third-order valence-electron chi connectivity index (χ3n) is 3.53. The molecule has 0 saturated carbocycles. The summed E-state index contributed by atoms with van der Waals surface area (Å²) >= 11 is 0. The van der Waals surface area contributed by atoms with Crippen LogP contribution in [0.15, 0.2) is 36.4 Å². The fourth-order valence-electron chi connectivity index (χ4n) is 2.20. The van der Waals surface area contributed by atoms with E-state index >= 15 is 0 Å². The average Bonchev–Trinajstić information content (AvgIpc) is 2.42. The molecule has 1 unspecified atom stereocenters. The van der Waals surface area contributed by atoms with Gasteiger partial charge in [-0.3, -0.25) is 0 Å². The lowest BCUT2D eigenvalue weighted by atomic mass is 9.93. The maximum atomic E-state index is 10.5. The summed E-state index contributed by atoms with van der Waals surface area (Å²) in [6.07, 6.45) is -0.646. The second-order valence-corrected chi connectivity index (χ2v) is 4.93. The molecule has 0 saturated heterocycles. The molecule has 2 heteroatoms. The number of aliphatic hydroxyl groups excluding tert-OH is 1. The van der Waals surface area contributed by atoms with Crippen molar-refractivity contribution in [3.63, 3.8) is 0 Å². The molecule has 2 rings (SSSR count). The molecule has 2 nitrogen and oxygen atoms in total. The van der Waals surface area contributed by atoms with Gasteiger partial charge in [0.2, 0.25) is 0 Å². The van der Waals surface area contributed by atoms with Gasteiger partial charge >= 0.3 is 0 Å². The lowest BCUT2D eigenvalue weighted by molar-refractivity contribution is 0.219. The SMILES string of the molecule is Cc1cc(C)c(C(O)c2ccc(C#N)cc2)cc1C. The van der Waals surface area contributed by atoms with Crippen molar-refractivity contribution in [2.45, 2.75) is 26.9 Å². The first-order chi connectivity index (χ1) is 9.02. The number of aliphatic hydroxyl groups is 1. The third kappa shape index (κ3) is 2.67. The van der Waals surface area contributed by atoms with Gasteiger partial charge in [0, 0.05) is 0 Å². The van der Waals surface area contributed by atoms with Crippen molar-refractivity contribution in [1.29, 1.82) is 5.26 Å². The van der Waals surface area contributed by atoms with E-state index in [-0.39, 0.29) is 0 Å². The van der Waals surface area contributed by atoms with Crippen LogP contribution in [-0.4, -0.2) is 5.11 Å². The summed E-state index contributed by atoms with van der Waals surface area (Å²) in [5.41, 5.74) is 5.83. The highest BCUT2D eigenvalue weighted by molar-refractivity contribution is 5.42. The molecule has 96 valence electrons. The number of hydrogen-bond acceptors (Lipinski definition) is 2. The van der Waals surface area contributed by atoms with Gasteiger partial charge in [-0.05, 0) is 60.7 Å². The van der Waals surface area contributed by atoms with Crippen molar-refractivity contribution in [2.75, 3.05) is 0 Å². The minimum Gasteiger partial charge on any atom is -0.384 e. The molecule has 2 aromatic rings. The first kappa shape index (κ1) is 13.3. The first-order valence-corrected chi connectivity index (χ1v) is 6.29. The molecule has 1 N–H and O–H groups in total. The molecule has 0 aliphatic heterocycles. The van der Waals surface area contributed by atoms with Crippen LogP contribution in [0.1, 0.15) is 39.5 Å². The Morgan fingerprint density at radius 3 is 2.11 bits per heavy atom. The zero-order valence-electron chi connectivity index (χ0n) is 11.4. The lowest BCUT2D eigenvalue weighted by Crippen LogP contribution is -2.03. The van der Waals surface area contributed by atoms with E-state index < -0.39 is 6.10 Å². The highest BCUT2D eigenvalue weighted by atomic mass is 16.3. The van der Waals surface area contributed by atoms with Crippen molar-refractivity contribution in [3.8, 4) is 6.07 Å². The molecule has 19 heavy (non-hydrogen) atoms. The van der Waals surface area contributed by atoms with E-state index in [1.807, 2.05) is 19.9 Å². The Kier molecular flexibility index (Phi) is 3.69. The van der Waals surface area contributed by atoms with Crippen molar-refractivity contribution < 1.29 is 5.11 Å². The first-order valence-electron chi connectivity index (χ1n) is 6.29. The third-order valence-corrected chi connectivity index (χ3v) is 3.53. The topological polar surface area (TPSA) is 44.0 Å². The summed E-state index contributed by atoms with van der Waals surface area (Å²) in [5.74, 6) is 0. The summed E-state index contributed by atoms with van der Waals surface area (Å²) in [5, 5.41) is 19.3. The Balaban J connectivity index is 2.41. The number of nitrogens with zero attached hydrogens (tertiary/aromatic N) is 1. The van der Waals surface area contributed by atoms with Crippen LogP contribution in [0.2, 0.25) is 0 Å². The molecule has 0 heterocycles. The molecule has 0 bridgehead atoms. The zero-order valence-corrected chi connectivity index (χ0v) is 11.4. The Labute approximate surface area is 114 Å². The van der Waals surface area contributed by atoms with Crippen LogP contribution < -0.4 is 0 Å². The lowest BCUT2D eigenvalue weighted by Gasteiger charge is -2.16. The largest absolute Gasteiger partial charge is 0.384 e. The summed E-state index contributed by atoms with van der Waals surface area (Å²) in [4.78, 5) is 0. The molecule has 0 aliphatic carbocycles. The Morgan fingerprint density at radius 1 is 0.947 bits per heavy atom. The number of aryl methyl sites for hydroxylation is 3. The van der Waals surface area contributed by atoms with Crippen LogP contribution in [0.3, 0.4) is 0 Å². The molecule has 0 aliphatic rings. The number of nitriles is 1. The summed E-state index contributed by atoms with van der Waals surface area (Å²) < 4.78 is 0. The van der Waals surface area contributed by atoms with Gasteiger partial charge in [-0.1, -0.05) is 24.3 Å². The van der Waals surface area contributed by atoms with Gasteiger partial charge in [-0.25, -0.2) is 0 Å². The highest BCUT2D eigenvalue weighted by Gasteiger charge is 2.14. The van der Waals surface area contributed by atoms with Gasteiger partial charge in [-0.15, -0.1) is 0 Å². The van der Waals surface area contributed by atoms with Crippen LogP contribution >= 0.6 is 0 Å². The summed E-state index contributed by atoms with van der Waals surface area (Å²) in [6.45, 7) is 6.12. The standard InChI is InChI=1S/C17H17NO/c1-11-8-13(3)16(9-12(11)2)17(19)15-6-4-14(10-18)5-7-15/h4-9,17,19H,1-3H3. The Hall–Kier alpha value is -2.11. The Morgan fingerprint density at radius 2 is 1.53 bits per heavy atom. The van der Waals surface area contributed by atoms with Gasteiger partial charge < -0.3 is 5.11 Å². The molecule has 0 aromatic heterocycles. The quantitative estimate of drug-likeness (QED) is 0.886. The molecule has 0 radical (unpaired) electrons. The van der Waals surface area contributed by atoms with E-state index in [0.717, 1.165) is 16.7 Å². The van der Waals surface area contributed by atoms with E-state index in [2.05, 4.69) is 19.1 Å². The fourth-order valence-corrected chi connectivity index (χ4v) is 2.20. The van der Waals surface area contributed by atoms with E-state index in [0.29, 0.717) is 5.56 Å². The zero-order chi connectivity index (χ0) is 14.0. The second-order valence-electron chi connectivity index (χ2n) is 4.93. The van der Waals surface area contributed by atoms with Crippen LogP contribution in [0.4, 0.5) is 0 Å². The van der Waals surface area contributed by atoms with Crippen LogP contribution in [0.5, 0.6) is 0 Å². The monoisotopic (exact) mass is 251 g/mol. The number of hydrogen-bond donors (Lipinski definition) is 1. The van der Waals surface area contributed by atoms with Crippen molar-refractivity contribution in [3.05, 3.63) is 69.8 Å². The van der Waals surface area contributed by atoms with Gasteiger partial charge in [0.25, 0.3) is 0 Å². The van der Waals surface area contributed by atoms with E-state index in [4.69, 9.17) is 5.26 Å². The predicted octanol–water partition coefficient (Wildman–Crippen LogP) is 3.57. The van der Waals surface area contributed by atoms with Crippen molar-refractivity contribution >= 4 is 0 Å². The van der Waals surface area contributed by atoms with Crippen LogP contribution in [-0.2, 0) is 0 Å². The molecule has 0 fully saturated rings. The second kappa shape index (κ2) is 5.26. The minimum atomic E-state index is -0.646. The van der Waals surface area contributed by atoms with Crippen LogP contribution in [0.25, 0.3) is 0 Å². The minimum absolute atomic E-state index is 0.604. The van der Waals surface area contributed by atoms with Crippen molar-refractivity contribution in [1.82, 2.24) is 0 Å². The molecular formula is C17H17NO. The maximum Gasteiger partial charge on any atom is 0.104 e. The smallest absolute Gasteiger partial charge is 0.104 e. The molecule has 0 amide bonds. The summed E-state index contributed by atoms with van der Waals surface area (Å²) in [7, 11) is 0. The average molecular weight is 251 g/mol.